The number of carbonyl (C=O) groups is 1. The highest BCUT2D eigenvalue weighted by Crippen LogP contribution is 2.22. The van der Waals surface area contributed by atoms with Gasteiger partial charge in [0, 0.05) is 6.42 Å². The van der Waals surface area contributed by atoms with Crippen LogP contribution in [0.4, 0.5) is 0 Å². The second kappa shape index (κ2) is 7.10. The van der Waals surface area contributed by atoms with Crippen molar-refractivity contribution in [3.63, 3.8) is 0 Å². The van der Waals surface area contributed by atoms with E-state index in [0.717, 1.165) is 5.56 Å². The minimum atomic E-state index is -0.508. The molecule has 0 fully saturated rings. The van der Waals surface area contributed by atoms with E-state index in [2.05, 4.69) is 15.5 Å². The standard InChI is InChI=1S/C19H15N3O4/c23-18(16-9-5-11-25-16)20-14(12-13-6-2-1-3-7-13)19-21-17(22-26-19)15-8-4-10-24-15/h1-11,14H,12H2,(H,20,23). The van der Waals surface area contributed by atoms with Gasteiger partial charge in [-0.15, -0.1) is 0 Å². The van der Waals surface area contributed by atoms with E-state index < -0.39 is 6.04 Å². The molecule has 7 nitrogen and oxygen atoms in total. The molecule has 4 rings (SSSR count). The molecule has 1 amide bonds. The Labute approximate surface area is 148 Å². The summed E-state index contributed by atoms with van der Waals surface area (Å²) >= 11 is 0. The van der Waals surface area contributed by atoms with Crippen molar-refractivity contribution in [1.82, 2.24) is 15.5 Å². The second-order valence-electron chi connectivity index (χ2n) is 5.63. The molecule has 26 heavy (non-hydrogen) atoms. The van der Waals surface area contributed by atoms with Gasteiger partial charge < -0.3 is 18.7 Å². The fourth-order valence-electron chi connectivity index (χ4n) is 2.57. The first kappa shape index (κ1) is 15.9. The van der Waals surface area contributed by atoms with E-state index in [0.29, 0.717) is 23.9 Å². The summed E-state index contributed by atoms with van der Waals surface area (Å²) in [6, 6.07) is 16.0. The topological polar surface area (TPSA) is 94.3 Å². The van der Waals surface area contributed by atoms with Crippen molar-refractivity contribution < 1.29 is 18.2 Å². The summed E-state index contributed by atoms with van der Waals surface area (Å²) in [6.07, 6.45) is 3.47. The Balaban J connectivity index is 1.60. The van der Waals surface area contributed by atoms with Crippen LogP contribution in [0, 0.1) is 0 Å². The number of aromatic nitrogens is 2. The molecule has 3 heterocycles. The molecule has 0 aliphatic carbocycles. The summed E-state index contributed by atoms with van der Waals surface area (Å²) in [6.45, 7) is 0. The third-order valence-electron chi connectivity index (χ3n) is 3.81. The first-order chi connectivity index (χ1) is 12.8. The normalized spacial score (nSPS) is 12.0. The van der Waals surface area contributed by atoms with Crippen molar-refractivity contribution in [2.24, 2.45) is 0 Å². The van der Waals surface area contributed by atoms with Gasteiger partial charge in [0.05, 0.1) is 12.5 Å². The predicted molar refractivity (Wildman–Crippen MR) is 91.1 cm³/mol. The summed E-state index contributed by atoms with van der Waals surface area (Å²) in [4.78, 5) is 16.8. The molecular weight excluding hydrogens is 334 g/mol. The molecule has 4 aromatic rings. The molecule has 3 aromatic heterocycles. The van der Waals surface area contributed by atoms with Crippen LogP contribution in [0.25, 0.3) is 11.6 Å². The number of hydrogen-bond donors (Lipinski definition) is 1. The zero-order chi connectivity index (χ0) is 17.8. The molecule has 1 N–H and O–H groups in total. The molecule has 7 heteroatoms. The van der Waals surface area contributed by atoms with Gasteiger partial charge in [-0.25, -0.2) is 0 Å². The van der Waals surface area contributed by atoms with E-state index >= 15 is 0 Å². The van der Waals surface area contributed by atoms with Crippen LogP contribution in [0.1, 0.15) is 28.1 Å². The fourth-order valence-corrected chi connectivity index (χ4v) is 2.57. The molecule has 0 aliphatic heterocycles. The molecule has 1 unspecified atom stereocenters. The van der Waals surface area contributed by atoms with Crippen LogP contribution in [0.3, 0.4) is 0 Å². The maximum atomic E-state index is 12.4. The molecule has 0 aliphatic rings. The minimum Gasteiger partial charge on any atom is -0.461 e. The number of nitrogens with zero attached hydrogens (tertiary/aromatic N) is 2. The molecule has 0 saturated heterocycles. The third-order valence-corrected chi connectivity index (χ3v) is 3.81. The van der Waals surface area contributed by atoms with Crippen LogP contribution in [0.5, 0.6) is 0 Å². The molecular formula is C19H15N3O4. The Morgan fingerprint density at radius 1 is 1.00 bits per heavy atom. The Hall–Kier alpha value is -3.61. The third kappa shape index (κ3) is 3.41. The number of benzene rings is 1. The van der Waals surface area contributed by atoms with Crippen LogP contribution < -0.4 is 5.32 Å². The lowest BCUT2D eigenvalue weighted by molar-refractivity contribution is 0.0900. The summed E-state index contributed by atoms with van der Waals surface area (Å²) in [5, 5.41) is 6.82. The lowest BCUT2D eigenvalue weighted by Gasteiger charge is -2.14. The highest BCUT2D eigenvalue weighted by Gasteiger charge is 2.24. The quantitative estimate of drug-likeness (QED) is 0.571. The average Bonchev–Trinajstić information content (AvgIpc) is 3.44. The Morgan fingerprint density at radius 3 is 2.54 bits per heavy atom. The van der Waals surface area contributed by atoms with Crippen LogP contribution in [-0.2, 0) is 6.42 Å². The lowest BCUT2D eigenvalue weighted by atomic mass is 10.1. The lowest BCUT2D eigenvalue weighted by Crippen LogP contribution is -2.30. The Kier molecular flexibility index (Phi) is 4.34. The van der Waals surface area contributed by atoms with Gasteiger partial charge in [-0.2, -0.15) is 4.98 Å². The van der Waals surface area contributed by atoms with Gasteiger partial charge in [-0.05, 0) is 29.8 Å². The Morgan fingerprint density at radius 2 is 1.81 bits per heavy atom. The summed E-state index contributed by atoms with van der Waals surface area (Å²) in [5.41, 5.74) is 1.02. The van der Waals surface area contributed by atoms with Crippen molar-refractivity contribution in [2.75, 3.05) is 0 Å². The van der Waals surface area contributed by atoms with Crippen molar-refractivity contribution in [3.05, 3.63) is 84.3 Å². The smallest absolute Gasteiger partial charge is 0.287 e. The van der Waals surface area contributed by atoms with Gasteiger partial charge in [0.1, 0.15) is 6.04 Å². The highest BCUT2D eigenvalue weighted by molar-refractivity contribution is 5.91. The zero-order valence-corrected chi connectivity index (χ0v) is 13.7. The fraction of sp³-hybridized carbons (Fsp3) is 0.105. The number of carbonyl (C=O) groups excluding carboxylic acids is 1. The van der Waals surface area contributed by atoms with Crippen LogP contribution in [0.2, 0.25) is 0 Å². The monoisotopic (exact) mass is 349 g/mol. The summed E-state index contributed by atoms with van der Waals surface area (Å²) < 4.78 is 15.8. The Bertz CT molecular complexity index is 960. The first-order valence-corrected chi connectivity index (χ1v) is 8.05. The van der Waals surface area contributed by atoms with E-state index in [9.17, 15) is 4.79 Å². The van der Waals surface area contributed by atoms with Crippen molar-refractivity contribution in [2.45, 2.75) is 12.5 Å². The van der Waals surface area contributed by atoms with E-state index in [-0.39, 0.29) is 11.7 Å². The number of amides is 1. The predicted octanol–water partition coefficient (Wildman–Crippen LogP) is 3.64. The van der Waals surface area contributed by atoms with Gasteiger partial charge >= 0.3 is 0 Å². The maximum Gasteiger partial charge on any atom is 0.287 e. The van der Waals surface area contributed by atoms with Crippen molar-refractivity contribution in [3.8, 4) is 11.6 Å². The summed E-state index contributed by atoms with van der Waals surface area (Å²) in [7, 11) is 0. The minimum absolute atomic E-state index is 0.217. The van der Waals surface area contributed by atoms with E-state index in [1.54, 1.807) is 24.3 Å². The molecule has 0 spiro atoms. The first-order valence-electron chi connectivity index (χ1n) is 8.05. The maximum absolute atomic E-state index is 12.4. The zero-order valence-electron chi connectivity index (χ0n) is 13.7. The summed E-state index contributed by atoms with van der Waals surface area (Å²) in [5.74, 6) is 0.980. The van der Waals surface area contributed by atoms with Gasteiger partial charge in [-0.3, -0.25) is 4.79 Å². The molecule has 1 aromatic carbocycles. The van der Waals surface area contributed by atoms with Gasteiger partial charge in [-0.1, -0.05) is 35.5 Å². The molecule has 1 atom stereocenters. The molecule has 0 bridgehead atoms. The molecule has 130 valence electrons. The van der Waals surface area contributed by atoms with E-state index in [1.807, 2.05) is 30.3 Å². The van der Waals surface area contributed by atoms with Gasteiger partial charge in [0.25, 0.3) is 5.91 Å². The molecule has 0 radical (unpaired) electrons. The average molecular weight is 349 g/mol. The number of nitrogens with one attached hydrogen (secondary N) is 1. The van der Waals surface area contributed by atoms with Crippen molar-refractivity contribution >= 4 is 5.91 Å². The highest BCUT2D eigenvalue weighted by atomic mass is 16.5. The SMILES string of the molecule is O=C(NC(Cc1ccccc1)c1nc(-c2ccco2)no1)c1ccco1. The van der Waals surface area contributed by atoms with Crippen molar-refractivity contribution in [1.29, 1.82) is 0 Å². The van der Waals surface area contributed by atoms with Crippen LogP contribution in [0.15, 0.2) is 80.5 Å². The van der Waals surface area contributed by atoms with Gasteiger partial charge in [0.2, 0.25) is 11.7 Å². The number of rotatable bonds is 6. The number of hydrogen-bond acceptors (Lipinski definition) is 6. The number of furan rings is 2. The second-order valence-corrected chi connectivity index (χ2v) is 5.63. The largest absolute Gasteiger partial charge is 0.461 e. The van der Waals surface area contributed by atoms with Crippen LogP contribution in [-0.4, -0.2) is 16.0 Å². The van der Waals surface area contributed by atoms with Gasteiger partial charge in [0.15, 0.2) is 11.5 Å². The van der Waals surface area contributed by atoms with E-state index in [1.165, 1.54) is 12.5 Å². The molecule has 0 saturated carbocycles. The van der Waals surface area contributed by atoms with Crippen LogP contribution >= 0.6 is 0 Å². The van der Waals surface area contributed by atoms with E-state index in [4.69, 9.17) is 13.4 Å².